The average Bonchev–Trinajstić information content (AvgIpc) is 3.40. The number of allylic oxidation sites excluding steroid dienone is 1. The van der Waals surface area contributed by atoms with Gasteiger partial charge in [0.25, 0.3) is 5.91 Å². The van der Waals surface area contributed by atoms with E-state index in [0.29, 0.717) is 61.0 Å². The summed E-state index contributed by atoms with van der Waals surface area (Å²) < 4.78 is 18.4. The summed E-state index contributed by atoms with van der Waals surface area (Å²) in [4.78, 5) is 32.1. The summed E-state index contributed by atoms with van der Waals surface area (Å²) in [6.45, 7) is 6.33. The highest BCUT2D eigenvalue weighted by molar-refractivity contribution is 7.98. The van der Waals surface area contributed by atoms with Crippen molar-refractivity contribution in [1.82, 2.24) is 19.7 Å². The first-order valence-corrected chi connectivity index (χ1v) is 14.4. The molecule has 0 spiro atoms. The van der Waals surface area contributed by atoms with Crippen LogP contribution in [-0.2, 0) is 24.8 Å². The largest absolute Gasteiger partial charge is 0.484 e. The van der Waals surface area contributed by atoms with Gasteiger partial charge < -0.3 is 24.4 Å². The number of esters is 1. The maximum Gasteiger partial charge on any atom is 0.338 e. The Morgan fingerprint density at radius 1 is 1.10 bits per heavy atom. The van der Waals surface area contributed by atoms with Gasteiger partial charge in [-0.25, -0.2) is 9.48 Å². The van der Waals surface area contributed by atoms with Crippen molar-refractivity contribution in [3.63, 3.8) is 0 Å². The van der Waals surface area contributed by atoms with Crippen LogP contribution in [0.2, 0.25) is 0 Å². The van der Waals surface area contributed by atoms with Crippen LogP contribution in [-0.4, -0.2) is 71.1 Å². The molecule has 0 saturated carbocycles. The molecule has 1 unspecified atom stereocenters. The third-order valence-corrected chi connectivity index (χ3v) is 7.53. The van der Waals surface area contributed by atoms with E-state index >= 15 is 0 Å². The lowest BCUT2D eigenvalue weighted by Crippen LogP contribution is -2.42. The molecule has 40 heavy (non-hydrogen) atoms. The fraction of sp³-hybridized carbons (Fsp3) is 0.379. The Kier molecular flexibility index (Phi) is 9.02. The van der Waals surface area contributed by atoms with Crippen molar-refractivity contribution >= 4 is 29.6 Å². The highest BCUT2D eigenvalue weighted by Gasteiger charge is 2.35. The predicted molar refractivity (Wildman–Crippen MR) is 151 cm³/mol. The number of rotatable bonds is 10. The van der Waals surface area contributed by atoms with Crippen LogP contribution in [0.5, 0.6) is 5.75 Å². The van der Waals surface area contributed by atoms with E-state index in [1.165, 1.54) is 17.3 Å². The van der Waals surface area contributed by atoms with E-state index < -0.39 is 12.0 Å². The molecule has 1 N–H and O–H groups in total. The molecule has 2 aliphatic heterocycles. The van der Waals surface area contributed by atoms with Gasteiger partial charge in [-0.05, 0) is 36.6 Å². The third kappa shape index (κ3) is 6.48. The van der Waals surface area contributed by atoms with Crippen LogP contribution in [0.1, 0.15) is 37.4 Å². The van der Waals surface area contributed by atoms with Crippen molar-refractivity contribution in [2.45, 2.75) is 37.2 Å². The molecule has 1 fully saturated rings. The van der Waals surface area contributed by atoms with Crippen LogP contribution in [0.3, 0.4) is 0 Å². The van der Waals surface area contributed by atoms with Crippen LogP contribution >= 0.6 is 11.8 Å². The number of anilines is 1. The fourth-order valence-corrected chi connectivity index (χ4v) is 5.34. The first kappa shape index (κ1) is 27.7. The SMILES string of the molecule is CCCOC(=O)C1=C(C)Nc2nc(SCc3ccccc3)nn2C1c1ccc(OCC(=O)N2CCOCC2)cc1. The van der Waals surface area contributed by atoms with Crippen molar-refractivity contribution in [1.29, 1.82) is 0 Å². The highest BCUT2D eigenvalue weighted by atomic mass is 32.2. The number of carbonyl (C=O) groups is 2. The Balaban J connectivity index is 1.36. The van der Waals surface area contributed by atoms with E-state index in [-0.39, 0.29) is 12.5 Å². The quantitative estimate of drug-likeness (QED) is 0.289. The van der Waals surface area contributed by atoms with Crippen LogP contribution in [0.4, 0.5) is 5.95 Å². The summed E-state index contributed by atoms with van der Waals surface area (Å²) in [5.74, 6) is 1.38. The van der Waals surface area contributed by atoms with Gasteiger partial charge in [-0.1, -0.05) is 61.2 Å². The van der Waals surface area contributed by atoms with Gasteiger partial charge in [0.05, 0.1) is 25.4 Å². The lowest BCUT2D eigenvalue weighted by Gasteiger charge is -2.28. The van der Waals surface area contributed by atoms with E-state index in [1.807, 2.05) is 44.2 Å². The first-order chi connectivity index (χ1) is 19.5. The molecule has 0 radical (unpaired) electrons. The number of carbonyl (C=O) groups excluding carboxylic acids is 2. The maximum atomic E-state index is 13.2. The summed E-state index contributed by atoms with van der Waals surface area (Å²) in [6.07, 6.45) is 0.722. The van der Waals surface area contributed by atoms with E-state index in [4.69, 9.17) is 24.3 Å². The van der Waals surface area contributed by atoms with E-state index in [1.54, 1.807) is 21.7 Å². The summed E-state index contributed by atoms with van der Waals surface area (Å²) in [7, 11) is 0. The number of aromatic nitrogens is 3. The van der Waals surface area contributed by atoms with Crippen molar-refractivity contribution in [3.8, 4) is 5.75 Å². The van der Waals surface area contributed by atoms with Crippen LogP contribution in [0.25, 0.3) is 0 Å². The minimum Gasteiger partial charge on any atom is -0.484 e. The second kappa shape index (κ2) is 13.0. The summed E-state index contributed by atoms with van der Waals surface area (Å²) >= 11 is 1.53. The number of ether oxygens (including phenoxy) is 3. The average molecular weight is 564 g/mol. The van der Waals surface area contributed by atoms with Gasteiger partial charge in [-0.15, -0.1) is 5.10 Å². The Bertz CT molecular complexity index is 1350. The van der Waals surface area contributed by atoms with Crippen molar-refractivity contribution < 1.29 is 23.8 Å². The molecule has 1 aromatic heterocycles. The number of amides is 1. The molecular weight excluding hydrogens is 530 g/mol. The molecule has 3 heterocycles. The molecular formula is C29H33N5O5S. The standard InChI is InChI=1S/C29H33N5O5S/c1-3-15-38-27(36)25-20(2)30-28-31-29(40-19-21-7-5-4-6-8-21)32-34(28)26(25)22-9-11-23(12-10-22)39-18-24(35)33-13-16-37-17-14-33/h4-12,26H,3,13-19H2,1-2H3,(H,30,31,32). The van der Waals surface area contributed by atoms with Crippen LogP contribution < -0.4 is 10.1 Å². The zero-order chi connectivity index (χ0) is 27.9. The number of fused-ring (bicyclic) bond motifs is 1. The number of benzene rings is 2. The van der Waals surface area contributed by atoms with Gasteiger partial charge >= 0.3 is 5.97 Å². The van der Waals surface area contributed by atoms with Gasteiger partial charge in [-0.3, -0.25) is 4.79 Å². The Morgan fingerprint density at radius 3 is 2.58 bits per heavy atom. The molecule has 11 heteroatoms. The lowest BCUT2D eigenvalue weighted by atomic mass is 9.96. The second-order valence-corrected chi connectivity index (χ2v) is 10.4. The topological polar surface area (TPSA) is 108 Å². The zero-order valence-electron chi connectivity index (χ0n) is 22.7. The molecule has 210 valence electrons. The van der Waals surface area contributed by atoms with E-state index in [0.717, 1.165) is 17.7 Å². The highest BCUT2D eigenvalue weighted by Crippen LogP contribution is 2.37. The van der Waals surface area contributed by atoms with Crippen molar-refractivity contribution in [2.75, 3.05) is 44.8 Å². The van der Waals surface area contributed by atoms with Gasteiger partial charge in [0, 0.05) is 24.5 Å². The van der Waals surface area contributed by atoms with Crippen molar-refractivity contribution in [2.24, 2.45) is 0 Å². The summed E-state index contributed by atoms with van der Waals surface area (Å²) in [5.41, 5.74) is 3.14. The molecule has 3 aromatic rings. The molecule has 5 rings (SSSR count). The number of hydrogen-bond acceptors (Lipinski definition) is 9. The third-order valence-electron chi connectivity index (χ3n) is 6.62. The number of nitrogens with zero attached hydrogens (tertiary/aromatic N) is 4. The lowest BCUT2D eigenvalue weighted by molar-refractivity contribution is -0.139. The molecule has 2 aromatic carbocycles. The monoisotopic (exact) mass is 563 g/mol. The number of hydrogen-bond donors (Lipinski definition) is 1. The summed E-state index contributed by atoms with van der Waals surface area (Å²) in [6, 6.07) is 17.0. The van der Waals surface area contributed by atoms with E-state index in [9.17, 15) is 9.59 Å². The van der Waals surface area contributed by atoms with E-state index in [2.05, 4.69) is 17.4 Å². The fourth-order valence-electron chi connectivity index (χ4n) is 4.56. The van der Waals surface area contributed by atoms with Crippen molar-refractivity contribution in [3.05, 3.63) is 77.0 Å². The maximum absolute atomic E-state index is 13.2. The Morgan fingerprint density at radius 2 is 1.85 bits per heavy atom. The van der Waals surface area contributed by atoms with Crippen LogP contribution in [0.15, 0.2) is 71.0 Å². The Labute approximate surface area is 237 Å². The molecule has 0 aliphatic carbocycles. The Hall–Kier alpha value is -3.83. The molecule has 1 amide bonds. The van der Waals surface area contributed by atoms with Gasteiger partial charge in [0.2, 0.25) is 11.1 Å². The molecule has 10 nitrogen and oxygen atoms in total. The van der Waals surface area contributed by atoms with Gasteiger partial charge in [0.15, 0.2) is 6.61 Å². The zero-order valence-corrected chi connectivity index (χ0v) is 23.5. The molecule has 2 aliphatic rings. The number of morpholine rings is 1. The summed E-state index contributed by atoms with van der Waals surface area (Å²) in [5, 5.41) is 8.62. The smallest absolute Gasteiger partial charge is 0.338 e. The number of nitrogens with one attached hydrogen (secondary N) is 1. The van der Waals surface area contributed by atoms with Gasteiger partial charge in [-0.2, -0.15) is 4.98 Å². The molecule has 1 atom stereocenters. The first-order valence-electron chi connectivity index (χ1n) is 13.4. The number of thioether (sulfide) groups is 1. The minimum atomic E-state index is -0.539. The predicted octanol–water partition coefficient (Wildman–Crippen LogP) is 4.05. The van der Waals surface area contributed by atoms with Gasteiger partial charge in [0.1, 0.15) is 11.8 Å². The normalized spacial score (nSPS) is 16.8. The minimum absolute atomic E-state index is 0.0461. The molecule has 0 bridgehead atoms. The molecule has 1 saturated heterocycles. The van der Waals surface area contributed by atoms with Crippen LogP contribution in [0, 0.1) is 0 Å². The second-order valence-electron chi connectivity index (χ2n) is 9.49.